The minimum absolute atomic E-state index is 0.109. The Morgan fingerprint density at radius 2 is 1.96 bits per heavy atom. The van der Waals surface area contributed by atoms with Gasteiger partial charge in [-0.05, 0) is 32.0 Å². The van der Waals surface area contributed by atoms with E-state index in [9.17, 15) is 4.79 Å². The number of likely N-dealkylation sites (N-methyl/N-ethyl adjacent to an activating group) is 1. The number of amides is 1. The third-order valence-electron chi connectivity index (χ3n) is 4.19. The minimum atomic E-state index is -0.647. The first kappa shape index (κ1) is 18.4. The molecular formula is C20H22ClNO4. The summed E-state index contributed by atoms with van der Waals surface area (Å²) in [5.74, 6) is 1.82. The second kappa shape index (κ2) is 8.32. The predicted octanol–water partition coefficient (Wildman–Crippen LogP) is 3.93. The highest BCUT2D eigenvalue weighted by Crippen LogP contribution is 2.34. The Morgan fingerprint density at radius 1 is 1.19 bits per heavy atom. The van der Waals surface area contributed by atoms with Gasteiger partial charge in [0.1, 0.15) is 19.0 Å². The smallest absolute Gasteiger partial charge is 0.263 e. The molecule has 1 unspecified atom stereocenters. The van der Waals surface area contributed by atoms with Crippen molar-refractivity contribution in [2.75, 3.05) is 19.8 Å². The molecule has 5 nitrogen and oxygen atoms in total. The molecule has 1 aliphatic rings. The van der Waals surface area contributed by atoms with Crippen molar-refractivity contribution in [3.63, 3.8) is 0 Å². The van der Waals surface area contributed by atoms with E-state index in [1.165, 1.54) is 0 Å². The van der Waals surface area contributed by atoms with Crippen molar-refractivity contribution in [1.29, 1.82) is 0 Å². The molecule has 0 N–H and O–H groups in total. The molecule has 26 heavy (non-hydrogen) atoms. The maximum atomic E-state index is 12.8. The Bertz CT molecular complexity index is 780. The molecule has 0 saturated heterocycles. The summed E-state index contributed by atoms with van der Waals surface area (Å²) >= 11 is 6.12. The van der Waals surface area contributed by atoms with Gasteiger partial charge in [-0.2, -0.15) is 0 Å². The molecule has 138 valence electrons. The van der Waals surface area contributed by atoms with E-state index >= 15 is 0 Å². The van der Waals surface area contributed by atoms with Gasteiger partial charge in [0.05, 0.1) is 5.02 Å². The Hall–Kier alpha value is -2.40. The van der Waals surface area contributed by atoms with Gasteiger partial charge in [0.15, 0.2) is 17.6 Å². The number of hydrogen-bond acceptors (Lipinski definition) is 4. The van der Waals surface area contributed by atoms with Crippen molar-refractivity contribution in [1.82, 2.24) is 4.90 Å². The van der Waals surface area contributed by atoms with Crippen LogP contribution in [0, 0.1) is 0 Å². The molecular weight excluding hydrogens is 354 g/mol. The van der Waals surface area contributed by atoms with E-state index in [1.54, 1.807) is 24.0 Å². The van der Waals surface area contributed by atoms with Gasteiger partial charge in [0, 0.05) is 18.7 Å². The van der Waals surface area contributed by atoms with Crippen LogP contribution in [0.1, 0.15) is 19.4 Å². The number of halogens is 1. The van der Waals surface area contributed by atoms with Crippen LogP contribution in [0.15, 0.2) is 42.5 Å². The van der Waals surface area contributed by atoms with Crippen molar-refractivity contribution in [2.45, 2.75) is 26.5 Å². The number of nitrogens with zero attached hydrogens (tertiary/aromatic N) is 1. The third kappa shape index (κ3) is 4.05. The monoisotopic (exact) mass is 375 g/mol. The quantitative estimate of drug-likeness (QED) is 0.767. The normalized spacial score (nSPS) is 13.8. The first-order valence-electron chi connectivity index (χ1n) is 8.67. The highest BCUT2D eigenvalue weighted by atomic mass is 35.5. The summed E-state index contributed by atoms with van der Waals surface area (Å²) in [5.41, 5.74) is 0.919. The molecule has 3 rings (SSSR count). The van der Waals surface area contributed by atoms with Crippen LogP contribution in [-0.2, 0) is 11.3 Å². The van der Waals surface area contributed by atoms with Crippen molar-refractivity contribution in [3.8, 4) is 17.2 Å². The molecule has 1 atom stereocenters. The largest absolute Gasteiger partial charge is 0.486 e. The summed E-state index contributed by atoms with van der Waals surface area (Å²) in [5, 5.41) is 0.484. The maximum Gasteiger partial charge on any atom is 0.263 e. The summed E-state index contributed by atoms with van der Waals surface area (Å²) in [6, 6.07) is 12.9. The van der Waals surface area contributed by atoms with E-state index in [4.69, 9.17) is 25.8 Å². The van der Waals surface area contributed by atoms with Gasteiger partial charge >= 0.3 is 0 Å². The number of fused-ring (bicyclic) bond motifs is 1. The van der Waals surface area contributed by atoms with E-state index in [2.05, 4.69) is 0 Å². The molecule has 0 spiro atoms. The summed E-state index contributed by atoms with van der Waals surface area (Å²) < 4.78 is 17.1. The minimum Gasteiger partial charge on any atom is -0.486 e. The Morgan fingerprint density at radius 3 is 2.73 bits per heavy atom. The van der Waals surface area contributed by atoms with Crippen LogP contribution in [0.3, 0.4) is 0 Å². The Labute approximate surface area is 158 Å². The van der Waals surface area contributed by atoms with E-state index in [1.807, 2.05) is 37.3 Å². The number of carbonyl (C=O) groups is 1. The van der Waals surface area contributed by atoms with Gasteiger partial charge in [-0.1, -0.05) is 35.9 Å². The number of para-hydroxylation sites is 2. The number of ether oxygens (including phenoxy) is 3. The van der Waals surface area contributed by atoms with Crippen LogP contribution in [0.2, 0.25) is 5.02 Å². The molecule has 0 saturated carbocycles. The summed E-state index contributed by atoms with van der Waals surface area (Å²) in [6.45, 7) is 5.70. The fourth-order valence-corrected chi connectivity index (χ4v) is 3.03. The lowest BCUT2D eigenvalue weighted by Gasteiger charge is -2.27. The SMILES string of the molecule is CCN(Cc1cccc2c1OCCO2)C(=O)C(C)Oc1ccccc1Cl. The second-order valence-corrected chi connectivity index (χ2v) is 6.39. The Kier molecular flexibility index (Phi) is 5.89. The zero-order chi connectivity index (χ0) is 18.5. The third-order valence-corrected chi connectivity index (χ3v) is 4.50. The lowest BCUT2D eigenvalue weighted by Crippen LogP contribution is -2.40. The highest BCUT2D eigenvalue weighted by Gasteiger charge is 2.24. The van der Waals surface area contributed by atoms with Crippen LogP contribution in [0.25, 0.3) is 0 Å². The maximum absolute atomic E-state index is 12.8. The van der Waals surface area contributed by atoms with Gasteiger partial charge in [-0.15, -0.1) is 0 Å². The summed E-state index contributed by atoms with van der Waals surface area (Å²) in [4.78, 5) is 14.6. The molecule has 2 aromatic carbocycles. The standard InChI is InChI=1S/C20H22ClNO4/c1-3-22(13-15-7-6-10-18-19(15)25-12-11-24-18)20(23)14(2)26-17-9-5-4-8-16(17)21/h4-10,14H,3,11-13H2,1-2H3. The fourth-order valence-electron chi connectivity index (χ4n) is 2.85. The van der Waals surface area contributed by atoms with Crippen LogP contribution >= 0.6 is 11.6 Å². The lowest BCUT2D eigenvalue weighted by atomic mass is 10.1. The Balaban J connectivity index is 1.72. The van der Waals surface area contributed by atoms with E-state index < -0.39 is 6.10 Å². The second-order valence-electron chi connectivity index (χ2n) is 5.98. The number of rotatable bonds is 6. The van der Waals surface area contributed by atoms with E-state index in [0.29, 0.717) is 42.8 Å². The average Bonchev–Trinajstić information content (AvgIpc) is 2.67. The molecule has 6 heteroatoms. The summed E-state index contributed by atoms with van der Waals surface area (Å²) in [6.07, 6.45) is -0.647. The van der Waals surface area contributed by atoms with E-state index in [-0.39, 0.29) is 5.91 Å². The molecule has 1 aliphatic heterocycles. The molecule has 0 aliphatic carbocycles. The van der Waals surface area contributed by atoms with Gasteiger partial charge < -0.3 is 19.1 Å². The summed E-state index contributed by atoms with van der Waals surface area (Å²) in [7, 11) is 0. The van der Waals surface area contributed by atoms with Crippen molar-refractivity contribution >= 4 is 17.5 Å². The molecule has 2 aromatic rings. The number of carbonyl (C=O) groups excluding carboxylic acids is 1. The molecule has 1 amide bonds. The highest BCUT2D eigenvalue weighted by molar-refractivity contribution is 6.32. The topological polar surface area (TPSA) is 48.0 Å². The first-order valence-corrected chi connectivity index (χ1v) is 9.05. The lowest BCUT2D eigenvalue weighted by molar-refractivity contribution is -0.138. The fraction of sp³-hybridized carbons (Fsp3) is 0.350. The molecule has 0 radical (unpaired) electrons. The molecule has 0 fully saturated rings. The van der Waals surface area contributed by atoms with Gasteiger partial charge in [-0.25, -0.2) is 0 Å². The van der Waals surface area contributed by atoms with Gasteiger partial charge in [0.25, 0.3) is 5.91 Å². The van der Waals surface area contributed by atoms with Crippen molar-refractivity contribution < 1.29 is 19.0 Å². The van der Waals surface area contributed by atoms with Crippen LogP contribution in [0.4, 0.5) is 0 Å². The first-order chi connectivity index (χ1) is 12.6. The van der Waals surface area contributed by atoms with Crippen LogP contribution < -0.4 is 14.2 Å². The van der Waals surface area contributed by atoms with Gasteiger partial charge in [-0.3, -0.25) is 4.79 Å². The van der Waals surface area contributed by atoms with Crippen LogP contribution in [0.5, 0.6) is 17.2 Å². The van der Waals surface area contributed by atoms with Crippen LogP contribution in [-0.4, -0.2) is 36.7 Å². The van der Waals surface area contributed by atoms with Crippen molar-refractivity contribution in [3.05, 3.63) is 53.1 Å². The zero-order valence-electron chi connectivity index (χ0n) is 14.9. The molecule has 0 aromatic heterocycles. The molecule has 1 heterocycles. The zero-order valence-corrected chi connectivity index (χ0v) is 15.7. The van der Waals surface area contributed by atoms with E-state index in [0.717, 1.165) is 11.3 Å². The number of benzene rings is 2. The van der Waals surface area contributed by atoms with Crippen molar-refractivity contribution in [2.24, 2.45) is 0 Å². The number of hydrogen-bond donors (Lipinski definition) is 0. The molecule has 0 bridgehead atoms. The average molecular weight is 376 g/mol. The predicted molar refractivity (Wildman–Crippen MR) is 100 cm³/mol. The van der Waals surface area contributed by atoms with Gasteiger partial charge in [0.2, 0.25) is 0 Å².